The molecule has 2 amide bonds. The Morgan fingerprint density at radius 1 is 1.39 bits per heavy atom. The lowest BCUT2D eigenvalue weighted by molar-refractivity contribution is -0.154. The maximum Gasteiger partial charge on any atom is 0.308 e. The van der Waals surface area contributed by atoms with Gasteiger partial charge in [0.05, 0.1) is 12.5 Å². The Morgan fingerprint density at radius 2 is 2.09 bits per heavy atom. The Kier molecular flexibility index (Phi) is 7.50. The highest BCUT2D eigenvalue weighted by atomic mass is 16.5. The van der Waals surface area contributed by atoms with Crippen LogP contribution in [0, 0.1) is 0 Å². The molecule has 0 spiro atoms. The SMILES string of the molecule is CCC(C)OC(=O)CC1C(=O)NCCN1C(=O)CCCC(=O)O. The first-order chi connectivity index (χ1) is 10.8. The molecule has 0 aromatic carbocycles. The molecule has 1 fully saturated rings. The van der Waals surface area contributed by atoms with Crippen LogP contribution < -0.4 is 5.32 Å². The smallest absolute Gasteiger partial charge is 0.308 e. The average molecular weight is 328 g/mol. The van der Waals surface area contributed by atoms with E-state index in [9.17, 15) is 19.2 Å². The Labute approximate surface area is 135 Å². The molecule has 0 bridgehead atoms. The maximum atomic E-state index is 12.2. The van der Waals surface area contributed by atoms with Crippen LogP contribution in [0.2, 0.25) is 0 Å². The fraction of sp³-hybridized carbons (Fsp3) is 0.733. The molecule has 1 heterocycles. The quantitative estimate of drug-likeness (QED) is 0.620. The minimum absolute atomic E-state index is 0.0382. The summed E-state index contributed by atoms with van der Waals surface area (Å²) < 4.78 is 5.16. The van der Waals surface area contributed by atoms with Gasteiger partial charge in [0.25, 0.3) is 0 Å². The van der Waals surface area contributed by atoms with Gasteiger partial charge in [-0.3, -0.25) is 19.2 Å². The molecule has 1 aliphatic heterocycles. The number of carbonyl (C=O) groups is 4. The molecule has 8 heteroatoms. The lowest BCUT2D eigenvalue weighted by Gasteiger charge is -2.34. The second kappa shape index (κ2) is 9.12. The Hall–Kier alpha value is -2.12. The summed E-state index contributed by atoms with van der Waals surface area (Å²) >= 11 is 0. The molecule has 2 N–H and O–H groups in total. The van der Waals surface area contributed by atoms with Crippen LogP contribution in [-0.2, 0) is 23.9 Å². The van der Waals surface area contributed by atoms with Gasteiger partial charge < -0.3 is 20.1 Å². The molecule has 2 unspecified atom stereocenters. The average Bonchev–Trinajstić information content (AvgIpc) is 2.48. The minimum atomic E-state index is -0.970. The number of hydrogen-bond acceptors (Lipinski definition) is 5. The molecule has 130 valence electrons. The van der Waals surface area contributed by atoms with Crippen molar-refractivity contribution in [3.63, 3.8) is 0 Å². The zero-order valence-corrected chi connectivity index (χ0v) is 13.5. The Balaban J connectivity index is 2.63. The fourth-order valence-electron chi connectivity index (χ4n) is 2.26. The predicted octanol–water partition coefficient (Wildman–Crippen LogP) is 0.300. The largest absolute Gasteiger partial charge is 0.481 e. The summed E-state index contributed by atoms with van der Waals surface area (Å²) in [5.74, 6) is -2.20. The first-order valence-electron chi connectivity index (χ1n) is 7.83. The van der Waals surface area contributed by atoms with Crippen molar-refractivity contribution < 1.29 is 29.0 Å². The first kappa shape index (κ1) is 18.9. The van der Waals surface area contributed by atoms with Gasteiger partial charge in [-0.15, -0.1) is 0 Å². The van der Waals surface area contributed by atoms with E-state index < -0.39 is 18.0 Å². The van der Waals surface area contributed by atoms with Crippen LogP contribution in [0.5, 0.6) is 0 Å². The minimum Gasteiger partial charge on any atom is -0.481 e. The topological polar surface area (TPSA) is 113 Å². The summed E-state index contributed by atoms with van der Waals surface area (Å²) in [5.41, 5.74) is 0. The predicted molar refractivity (Wildman–Crippen MR) is 80.5 cm³/mol. The number of carbonyl (C=O) groups excluding carboxylic acids is 3. The molecule has 0 aromatic heterocycles. The highest BCUT2D eigenvalue weighted by Crippen LogP contribution is 2.14. The first-order valence-corrected chi connectivity index (χ1v) is 7.83. The van der Waals surface area contributed by atoms with Crippen LogP contribution in [-0.4, -0.2) is 59.0 Å². The third-order valence-electron chi connectivity index (χ3n) is 3.70. The number of nitrogens with zero attached hydrogens (tertiary/aromatic N) is 1. The van der Waals surface area contributed by atoms with Crippen molar-refractivity contribution in [2.75, 3.05) is 13.1 Å². The van der Waals surface area contributed by atoms with Crippen molar-refractivity contribution in [1.82, 2.24) is 10.2 Å². The zero-order valence-electron chi connectivity index (χ0n) is 13.5. The molecule has 1 saturated heterocycles. The number of ether oxygens (including phenoxy) is 1. The van der Waals surface area contributed by atoms with Gasteiger partial charge in [0.2, 0.25) is 11.8 Å². The number of carboxylic acids is 1. The molecule has 1 rings (SSSR count). The van der Waals surface area contributed by atoms with Gasteiger partial charge in [0.1, 0.15) is 6.04 Å². The van der Waals surface area contributed by atoms with Crippen molar-refractivity contribution in [2.45, 2.75) is 58.1 Å². The van der Waals surface area contributed by atoms with E-state index in [1.165, 1.54) is 4.90 Å². The normalized spacial score (nSPS) is 19.0. The van der Waals surface area contributed by atoms with Crippen LogP contribution in [0.1, 0.15) is 46.0 Å². The van der Waals surface area contributed by atoms with Gasteiger partial charge in [-0.1, -0.05) is 6.92 Å². The second-order valence-corrected chi connectivity index (χ2v) is 5.55. The number of carboxylic acid groups (broad SMARTS) is 1. The number of aliphatic carboxylic acids is 1. The second-order valence-electron chi connectivity index (χ2n) is 5.55. The van der Waals surface area contributed by atoms with Crippen LogP contribution in [0.15, 0.2) is 0 Å². The Bertz CT molecular complexity index is 465. The third kappa shape index (κ3) is 6.25. The van der Waals surface area contributed by atoms with Gasteiger partial charge in [-0.2, -0.15) is 0 Å². The molecule has 2 atom stereocenters. The van der Waals surface area contributed by atoms with Crippen molar-refractivity contribution in [3.05, 3.63) is 0 Å². The van der Waals surface area contributed by atoms with E-state index in [2.05, 4.69) is 5.32 Å². The Morgan fingerprint density at radius 3 is 2.70 bits per heavy atom. The van der Waals surface area contributed by atoms with E-state index in [0.717, 1.165) is 0 Å². The van der Waals surface area contributed by atoms with Crippen molar-refractivity contribution >= 4 is 23.8 Å². The van der Waals surface area contributed by atoms with Crippen LogP contribution >= 0.6 is 0 Å². The molecular formula is C15H24N2O6. The molecule has 0 aliphatic carbocycles. The summed E-state index contributed by atoms with van der Waals surface area (Å²) in [5, 5.41) is 11.2. The molecule has 1 aliphatic rings. The number of hydrogen-bond donors (Lipinski definition) is 2. The summed E-state index contributed by atoms with van der Waals surface area (Å²) in [6.07, 6.45) is 0.370. The van der Waals surface area contributed by atoms with Gasteiger partial charge in [0, 0.05) is 25.9 Å². The van der Waals surface area contributed by atoms with Crippen LogP contribution in [0.3, 0.4) is 0 Å². The van der Waals surface area contributed by atoms with Crippen molar-refractivity contribution in [3.8, 4) is 0 Å². The highest BCUT2D eigenvalue weighted by Gasteiger charge is 2.35. The molecule has 23 heavy (non-hydrogen) atoms. The van der Waals surface area contributed by atoms with Gasteiger partial charge in [0.15, 0.2) is 0 Å². The van der Waals surface area contributed by atoms with Gasteiger partial charge in [-0.25, -0.2) is 0 Å². The summed E-state index contributed by atoms with van der Waals surface area (Å²) in [6.45, 7) is 4.26. The number of piperazine rings is 1. The summed E-state index contributed by atoms with van der Waals surface area (Å²) in [4.78, 5) is 47.9. The molecule has 8 nitrogen and oxygen atoms in total. The van der Waals surface area contributed by atoms with Crippen LogP contribution in [0.25, 0.3) is 0 Å². The zero-order chi connectivity index (χ0) is 17.4. The van der Waals surface area contributed by atoms with E-state index in [-0.39, 0.29) is 43.6 Å². The summed E-state index contributed by atoms with van der Waals surface area (Å²) in [7, 11) is 0. The van der Waals surface area contributed by atoms with Crippen molar-refractivity contribution in [2.24, 2.45) is 0 Å². The lowest BCUT2D eigenvalue weighted by atomic mass is 10.1. The van der Waals surface area contributed by atoms with E-state index in [0.29, 0.717) is 19.5 Å². The third-order valence-corrected chi connectivity index (χ3v) is 3.70. The molecular weight excluding hydrogens is 304 g/mol. The highest BCUT2D eigenvalue weighted by molar-refractivity contribution is 5.92. The van der Waals surface area contributed by atoms with E-state index >= 15 is 0 Å². The van der Waals surface area contributed by atoms with Gasteiger partial charge >= 0.3 is 11.9 Å². The number of amides is 2. The maximum absolute atomic E-state index is 12.2. The van der Waals surface area contributed by atoms with Gasteiger partial charge in [-0.05, 0) is 19.8 Å². The number of esters is 1. The molecule has 0 aromatic rings. The lowest BCUT2D eigenvalue weighted by Crippen LogP contribution is -2.57. The molecule has 0 radical (unpaired) electrons. The van der Waals surface area contributed by atoms with E-state index in [4.69, 9.17) is 9.84 Å². The van der Waals surface area contributed by atoms with Crippen LogP contribution in [0.4, 0.5) is 0 Å². The number of rotatable bonds is 8. The standard InChI is InChI=1S/C15H24N2O6/c1-3-10(2)23-14(21)9-11-15(22)16-7-8-17(11)12(18)5-4-6-13(19)20/h10-11H,3-9H2,1-2H3,(H,16,22)(H,19,20). The van der Waals surface area contributed by atoms with E-state index in [1.54, 1.807) is 6.92 Å². The fourth-order valence-corrected chi connectivity index (χ4v) is 2.26. The molecule has 0 saturated carbocycles. The number of nitrogens with one attached hydrogen (secondary N) is 1. The van der Waals surface area contributed by atoms with E-state index in [1.807, 2.05) is 6.92 Å². The monoisotopic (exact) mass is 328 g/mol. The summed E-state index contributed by atoms with van der Waals surface area (Å²) in [6, 6.07) is -0.891. The van der Waals surface area contributed by atoms with Crippen molar-refractivity contribution in [1.29, 1.82) is 0 Å².